The minimum absolute atomic E-state index is 0.0546. The Kier molecular flexibility index (Phi) is 4.62. The molecule has 0 saturated heterocycles. The van der Waals surface area contributed by atoms with E-state index in [2.05, 4.69) is 5.32 Å². The Morgan fingerprint density at radius 3 is 2.78 bits per heavy atom. The van der Waals surface area contributed by atoms with Gasteiger partial charge in [-0.2, -0.15) is 0 Å². The first kappa shape index (κ1) is 13.8. The highest BCUT2D eigenvalue weighted by atomic mass is 16.3. The van der Waals surface area contributed by atoms with Gasteiger partial charge in [0.1, 0.15) is 0 Å². The zero-order chi connectivity index (χ0) is 13.1. The lowest BCUT2D eigenvalue weighted by Gasteiger charge is -2.27. The van der Waals surface area contributed by atoms with E-state index in [-0.39, 0.29) is 24.5 Å². The Labute approximate surface area is 109 Å². The molecule has 4 heteroatoms. The van der Waals surface area contributed by atoms with Crippen molar-refractivity contribution in [2.24, 2.45) is 29.4 Å². The monoisotopic (exact) mass is 254 g/mol. The number of amides is 1. The molecule has 1 amide bonds. The lowest BCUT2D eigenvalue weighted by molar-refractivity contribution is -0.127. The van der Waals surface area contributed by atoms with Gasteiger partial charge in [0.05, 0.1) is 5.92 Å². The average molecular weight is 254 g/mol. The number of rotatable bonds is 6. The molecule has 0 radical (unpaired) electrons. The standard InChI is InChI=1S/C14H26N2O2/c1-9(8-17)3-2-6-16-14(18)12-10-4-5-11(7-10)13(12)15/h9-13,17H,2-8,15H2,1H3,(H,16,18). The number of hydrogen-bond acceptors (Lipinski definition) is 3. The second-order valence-corrected chi connectivity index (χ2v) is 6.16. The molecule has 104 valence electrons. The molecule has 2 saturated carbocycles. The van der Waals surface area contributed by atoms with Crippen molar-refractivity contribution in [3.05, 3.63) is 0 Å². The molecule has 0 aromatic carbocycles. The van der Waals surface area contributed by atoms with Gasteiger partial charge in [0.15, 0.2) is 0 Å². The van der Waals surface area contributed by atoms with Gasteiger partial charge in [-0.05, 0) is 49.9 Å². The highest BCUT2D eigenvalue weighted by Gasteiger charge is 2.48. The number of carbonyl (C=O) groups excluding carboxylic acids is 1. The summed E-state index contributed by atoms with van der Waals surface area (Å²) in [6.45, 7) is 2.96. The molecular weight excluding hydrogens is 228 g/mol. The third kappa shape index (κ3) is 2.86. The van der Waals surface area contributed by atoms with Crippen LogP contribution in [-0.4, -0.2) is 30.2 Å². The van der Waals surface area contributed by atoms with E-state index in [0.29, 0.717) is 24.3 Å². The third-order valence-corrected chi connectivity index (χ3v) is 4.77. The van der Waals surface area contributed by atoms with Crippen LogP contribution in [-0.2, 0) is 4.79 Å². The molecule has 18 heavy (non-hydrogen) atoms. The number of fused-ring (bicyclic) bond motifs is 2. The molecular formula is C14H26N2O2. The fraction of sp³-hybridized carbons (Fsp3) is 0.929. The van der Waals surface area contributed by atoms with Crippen molar-refractivity contribution < 1.29 is 9.90 Å². The van der Waals surface area contributed by atoms with E-state index in [1.54, 1.807) is 0 Å². The molecule has 2 aliphatic carbocycles. The Hall–Kier alpha value is -0.610. The SMILES string of the molecule is CC(CO)CCCNC(=O)C1C2CCC(C2)C1N. The summed E-state index contributed by atoms with van der Waals surface area (Å²) in [6.07, 6.45) is 5.44. The number of hydrogen-bond donors (Lipinski definition) is 3. The summed E-state index contributed by atoms with van der Waals surface area (Å²) >= 11 is 0. The second-order valence-electron chi connectivity index (χ2n) is 6.16. The summed E-state index contributed by atoms with van der Waals surface area (Å²) in [6, 6.07) is 0.0834. The second kappa shape index (κ2) is 6.02. The van der Waals surface area contributed by atoms with Crippen LogP contribution in [0.5, 0.6) is 0 Å². The van der Waals surface area contributed by atoms with Crippen molar-refractivity contribution >= 4 is 5.91 Å². The van der Waals surface area contributed by atoms with Gasteiger partial charge in [0.25, 0.3) is 0 Å². The maximum atomic E-state index is 12.1. The van der Waals surface area contributed by atoms with Gasteiger partial charge >= 0.3 is 0 Å². The molecule has 4 N–H and O–H groups in total. The van der Waals surface area contributed by atoms with Crippen molar-refractivity contribution in [2.75, 3.05) is 13.2 Å². The van der Waals surface area contributed by atoms with Gasteiger partial charge < -0.3 is 16.2 Å². The topological polar surface area (TPSA) is 75.3 Å². The molecule has 2 bridgehead atoms. The van der Waals surface area contributed by atoms with Crippen LogP contribution in [0.25, 0.3) is 0 Å². The number of aliphatic hydroxyl groups is 1. The first-order valence-electron chi connectivity index (χ1n) is 7.27. The lowest BCUT2D eigenvalue weighted by atomic mass is 9.84. The number of nitrogens with one attached hydrogen (secondary N) is 1. The summed E-state index contributed by atoms with van der Waals surface area (Å²) in [4.78, 5) is 12.1. The summed E-state index contributed by atoms with van der Waals surface area (Å²) < 4.78 is 0. The van der Waals surface area contributed by atoms with E-state index in [0.717, 1.165) is 19.3 Å². The molecule has 2 aliphatic rings. The van der Waals surface area contributed by atoms with Crippen LogP contribution in [0, 0.1) is 23.7 Å². The minimum atomic E-state index is 0.0546. The molecule has 0 aromatic heterocycles. The fourth-order valence-corrected chi connectivity index (χ4v) is 3.60. The van der Waals surface area contributed by atoms with Gasteiger partial charge in [-0.15, -0.1) is 0 Å². The highest BCUT2D eigenvalue weighted by molar-refractivity contribution is 5.80. The number of nitrogens with two attached hydrogens (primary N) is 1. The number of carbonyl (C=O) groups is 1. The molecule has 2 fully saturated rings. The van der Waals surface area contributed by atoms with E-state index in [1.807, 2.05) is 6.92 Å². The minimum Gasteiger partial charge on any atom is -0.396 e. The molecule has 0 spiro atoms. The van der Waals surface area contributed by atoms with Crippen LogP contribution < -0.4 is 11.1 Å². The van der Waals surface area contributed by atoms with E-state index in [9.17, 15) is 4.79 Å². The van der Waals surface area contributed by atoms with Crippen LogP contribution in [0.4, 0.5) is 0 Å². The quantitative estimate of drug-likeness (QED) is 0.616. The maximum Gasteiger partial charge on any atom is 0.224 e. The van der Waals surface area contributed by atoms with E-state index >= 15 is 0 Å². The van der Waals surface area contributed by atoms with Crippen molar-refractivity contribution in [1.29, 1.82) is 0 Å². The predicted molar refractivity (Wildman–Crippen MR) is 70.8 cm³/mol. The Morgan fingerprint density at radius 1 is 1.44 bits per heavy atom. The van der Waals surface area contributed by atoms with Crippen LogP contribution in [0.2, 0.25) is 0 Å². The normalized spacial score (nSPS) is 35.7. The van der Waals surface area contributed by atoms with Crippen LogP contribution in [0.1, 0.15) is 39.0 Å². The summed E-state index contributed by atoms with van der Waals surface area (Å²) in [7, 11) is 0. The van der Waals surface area contributed by atoms with E-state index in [1.165, 1.54) is 12.8 Å². The first-order valence-corrected chi connectivity index (χ1v) is 7.27. The van der Waals surface area contributed by atoms with Gasteiger partial charge in [0.2, 0.25) is 5.91 Å². The van der Waals surface area contributed by atoms with Gasteiger partial charge in [0, 0.05) is 19.2 Å². The zero-order valence-electron chi connectivity index (χ0n) is 11.3. The van der Waals surface area contributed by atoms with Crippen molar-refractivity contribution in [3.63, 3.8) is 0 Å². The molecule has 0 heterocycles. The fourth-order valence-electron chi connectivity index (χ4n) is 3.60. The van der Waals surface area contributed by atoms with E-state index in [4.69, 9.17) is 10.8 Å². The largest absolute Gasteiger partial charge is 0.396 e. The zero-order valence-corrected chi connectivity index (χ0v) is 11.3. The van der Waals surface area contributed by atoms with Gasteiger partial charge in [-0.25, -0.2) is 0 Å². The van der Waals surface area contributed by atoms with Crippen molar-refractivity contribution in [1.82, 2.24) is 5.32 Å². The lowest BCUT2D eigenvalue weighted by Crippen LogP contribution is -2.45. The molecule has 0 aromatic rings. The maximum absolute atomic E-state index is 12.1. The van der Waals surface area contributed by atoms with Crippen LogP contribution in [0.15, 0.2) is 0 Å². The molecule has 2 rings (SSSR count). The average Bonchev–Trinajstić information content (AvgIpc) is 2.94. The molecule has 4 nitrogen and oxygen atoms in total. The predicted octanol–water partition coefficient (Wildman–Crippen LogP) is 0.885. The Morgan fingerprint density at radius 2 is 2.17 bits per heavy atom. The Balaban J connectivity index is 1.69. The molecule has 5 unspecified atom stereocenters. The highest BCUT2D eigenvalue weighted by Crippen LogP contribution is 2.47. The third-order valence-electron chi connectivity index (χ3n) is 4.77. The van der Waals surface area contributed by atoms with Crippen molar-refractivity contribution in [3.8, 4) is 0 Å². The van der Waals surface area contributed by atoms with Gasteiger partial charge in [-0.1, -0.05) is 6.92 Å². The molecule has 5 atom stereocenters. The van der Waals surface area contributed by atoms with Crippen molar-refractivity contribution in [2.45, 2.75) is 45.1 Å². The number of aliphatic hydroxyl groups excluding tert-OH is 1. The first-order chi connectivity index (χ1) is 8.63. The molecule has 0 aliphatic heterocycles. The summed E-state index contributed by atoms with van der Waals surface area (Å²) in [5.74, 6) is 1.65. The van der Waals surface area contributed by atoms with Crippen LogP contribution in [0.3, 0.4) is 0 Å². The Bertz CT molecular complexity index is 294. The van der Waals surface area contributed by atoms with Gasteiger partial charge in [-0.3, -0.25) is 4.79 Å². The summed E-state index contributed by atoms with van der Waals surface area (Å²) in [5, 5.41) is 11.9. The van der Waals surface area contributed by atoms with Crippen LogP contribution >= 0.6 is 0 Å². The van der Waals surface area contributed by atoms with E-state index < -0.39 is 0 Å². The smallest absolute Gasteiger partial charge is 0.224 e. The summed E-state index contributed by atoms with van der Waals surface area (Å²) in [5.41, 5.74) is 6.15.